The van der Waals surface area contributed by atoms with E-state index in [9.17, 15) is 18.5 Å². The Morgan fingerprint density at radius 1 is 1.32 bits per heavy atom. The maximum absolute atomic E-state index is 12.4. The highest BCUT2D eigenvalue weighted by atomic mass is 32.2. The first-order chi connectivity index (χ1) is 8.86. The van der Waals surface area contributed by atoms with Crippen LogP contribution in [0.2, 0.25) is 0 Å². The van der Waals surface area contributed by atoms with Gasteiger partial charge in [-0.2, -0.15) is 0 Å². The Labute approximate surface area is 113 Å². The van der Waals surface area contributed by atoms with Crippen molar-refractivity contribution < 1.29 is 13.3 Å². The number of nitro groups is 1. The van der Waals surface area contributed by atoms with Crippen LogP contribution in [0.4, 0.5) is 5.69 Å². The molecule has 0 spiro atoms. The highest BCUT2D eigenvalue weighted by Gasteiger charge is 2.28. The predicted octanol–water partition coefficient (Wildman–Crippen LogP) is 3.12. The van der Waals surface area contributed by atoms with Gasteiger partial charge in [-0.1, -0.05) is 26.3 Å². The van der Waals surface area contributed by atoms with E-state index in [4.69, 9.17) is 0 Å². The van der Waals surface area contributed by atoms with Gasteiger partial charge < -0.3 is 0 Å². The molecule has 1 aromatic carbocycles. The summed E-state index contributed by atoms with van der Waals surface area (Å²) >= 11 is 0. The summed E-state index contributed by atoms with van der Waals surface area (Å²) in [6.07, 6.45) is 1.53. The van der Waals surface area contributed by atoms with Gasteiger partial charge in [0, 0.05) is 11.6 Å². The highest BCUT2D eigenvalue weighted by molar-refractivity contribution is 7.92. The van der Waals surface area contributed by atoms with Gasteiger partial charge in [0.2, 0.25) is 0 Å². The second kappa shape index (κ2) is 6.14. The van der Waals surface area contributed by atoms with Crippen molar-refractivity contribution in [3.05, 3.63) is 33.9 Å². The van der Waals surface area contributed by atoms with Gasteiger partial charge in [-0.3, -0.25) is 10.1 Å². The zero-order chi connectivity index (χ0) is 14.6. The van der Waals surface area contributed by atoms with Crippen molar-refractivity contribution in [2.24, 2.45) is 0 Å². The van der Waals surface area contributed by atoms with Crippen molar-refractivity contribution in [3.63, 3.8) is 0 Å². The van der Waals surface area contributed by atoms with E-state index in [1.807, 2.05) is 6.92 Å². The van der Waals surface area contributed by atoms with Crippen LogP contribution in [0.5, 0.6) is 0 Å². The monoisotopic (exact) mass is 285 g/mol. The molecule has 0 N–H and O–H groups in total. The summed E-state index contributed by atoms with van der Waals surface area (Å²) in [6, 6.07) is 4.27. The Balaban J connectivity index is 3.51. The lowest BCUT2D eigenvalue weighted by Crippen LogP contribution is -2.19. The van der Waals surface area contributed by atoms with E-state index >= 15 is 0 Å². The molecule has 0 aliphatic rings. The van der Waals surface area contributed by atoms with Crippen LogP contribution in [-0.2, 0) is 16.3 Å². The molecule has 6 heteroatoms. The second-order valence-corrected chi connectivity index (χ2v) is 6.86. The quantitative estimate of drug-likeness (QED) is 0.594. The van der Waals surface area contributed by atoms with Crippen LogP contribution < -0.4 is 0 Å². The molecule has 1 rings (SSSR count). The fourth-order valence-corrected chi connectivity index (χ4v) is 3.62. The SMILES string of the molecule is CCCc1c([N+](=O)[O-])cccc1S(=O)(=O)C(C)CC. The second-order valence-electron chi connectivity index (χ2n) is 4.52. The first-order valence-electron chi connectivity index (χ1n) is 6.36. The number of hydrogen-bond donors (Lipinski definition) is 0. The molecule has 106 valence electrons. The molecule has 0 bridgehead atoms. The smallest absolute Gasteiger partial charge is 0.258 e. The minimum absolute atomic E-state index is 0.105. The van der Waals surface area contributed by atoms with Crippen LogP contribution in [-0.4, -0.2) is 18.6 Å². The van der Waals surface area contributed by atoms with E-state index < -0.39 is 20.0 Å². The van der Waals surface area contributed by atoms with Crippen LogP contribution in [0.25, 0.3) is 0 Å². The third kappa shape index (κ3) is 3.12. The summed E-state index contributed by atoms with van der Waals surface area (Å²) in [4.78, 5) is 10.6. The van der Waals surface area contributed by atoms with Gasteiger partial charge in [0.1, 0.15) is 0 Å². The molecule has 0 heterocycles. The molecular weight excluding hydrogens is 266 g/mol. The van der Waals surface area contributed by atoms with Crippen molar-refractivity contribution in [1.29, 1.82) is 0 Å². The standard InChI is InChI=1S/C13H19NO4S/c1-4-7-11-12(14(15)16)8-6-9-13(11)19(17,18)10(3)5-2/h6,8-10H,4-5,7H2,1-3H3. The van der Waals surface area contributed by atoms with Gasteiger partial charge in [-0.05, 0) is 25.8 Å². The largest absolute Gasteiger partial charge is 0.273 e. The highest BCUT2D eigenvalue weighted by Crippen LogP contribution is 2.30. The molecule has 0 aliphatic heterocycles. The average Bonchev–Trinajstić information content (AvgIpc) is 2.37. The predicted molar refractivity (Wildman–Crippen MR) is 74.0 cm³/mol. The number of nitrogens with zero attached hydrogens (tertiary/aromatic N) is 1. The minimum Gasteiger partial charge on any atom is -0.258 e. The molecule has 1 atom stereocenters. The molecule has 0 radical (unpaired) electrons. The third-order valence-electron chi connectivity index (χ3n) is 3.22. The van der Waals surface area contributed by atoms with Crippen molar-refractivity contribution in [2.45, 2.75) is 50.2 Å². The van der Waals surface area contributed by atoms with Crippen LogP contribution >= 0.6 is 0 Å². The van der Waals surface area contributed by atoms with Gasteiger partial charge in [0.15, 0.2) is 9.84 Å². The van der Waals surface area contributed by atoms with E-state index in [-0.39, 0.29) is 10.6 Å². The van der Waals surface area contributed by atoms with Crippen LogP contribution in [0.1, 0.15) is 39.2 Å². The van der Waals surface area contributed by atoms with E-state index in [1.165, 1.54) is 18.2 Å². The van der Waals surface area contributed by atoms with Crippen molar-refractivity contribution in [3.8, 4) is 0 Å². The lowest BCUT2D eigenvalue weighted by Gasteiger charge is -2.14. The molecule has 5 nitrogen and oxygen atoms in total. The number of nitro benzene ring substituents is 1. The lowest BCUT2D eigenvalue weighted by molar-refractivity contribution is -0.385. The zero-order valence-corrected chi connectivity index (χ0v) is 12.2. The average molecular weight is 285 g/mol. The molecule has 0 saturated heterocycles. The molecule has 0 fully saturated rings. The summed E-state index contributed by atoms with van der Waals surface area (Å²) < 4.78 is 24.8. The van der Waals surface area contributed by atoms with Crippen molar-refractivity contribution in [2.75, 3.05) is 0 Å². The normalized spacial score (nSPS) is 13.2. The maximum atomic E-state index is 12.4. The summed E-state index contributed by atoms with van der Waals surface area (Å²) in [6.45, 7) is 5.29. The summed E-state index contributed by atoms with van der Waals surface area (Å²) in [5.74, 6) is 0. The van der Waals surface area contributed by atoms with Crippen molar-refractivity contribution in [1.82, 2.24) is 0 Å². The molecule has 0 amide bonds. The fourth-order valence-electron chi connectivity index (χ4n) is 1.93. The van der Waals surface area contributed by atoms with Crippen LogP contribution in [0.15, 0.2) is 23.1 Å². The first-order valence-corrected chi connectivity index (χ1v) is 7.91. The van der Waals surface area contributed by atoms with Gasteiger partial charge in [-0.25, -0.2) is 8.42 Å². The van der Waals surface area contributed by atoms with Gasteiger partial charge in [-0.15, -0.1) is 0 Å². The van der Waals surface area contributed by atoms with Gasteiger partial charge in [0.25, 0.3) is 5.69 Å². The maximum Gasteiger partial charge on any atom is 0.273 e. The Morgan fingerprint density at radius 2 is 1.95 bits per heavy atom. The molecule has 19 heavy (non-hydrogen) atoms. The Bertz CT molecular complexity index is 566. The molecule has 0 aromatic heterocycles. The topological polar surface area (TPSA) is 77.3 Å². The number of sulfone groups is 1. The molecule has 1 unspecified atom stereocenters. The molecule has 1 aromatic rings. The van der Waals surface area contributed by atoms with Crippen LogP contribution in [0.3, 0.4) is 0 Å². The number of rotatable bonds is 6. The number of benzene rings is 1. The van der Waals surface area contributed by atoms with E-state index in [0.717, 1.165) is 0 Å². The minimum atomic E-state index is -3.50. The van der Waals surface area contributed by atoms with Crippen molar-refractivity contribution >= 4 is 15.5 Å². The van der Waals surface area contributed by atoms with E-state index in [1.54, 1.807) is 13.8 Å². The summed E-state index contributed by atoms with van der Waals surface area (Å²) in [5, 5.41) is 10.5. The van der Waals surface area contributed by atoms with Gasteiger partial charge >= 0.3 is 0 Å². The molecule has 0 saturated carbocycles. The van der Waals surface area contributed by atoms with E-state index in [2.05, 4.69) is 0 Å². The zero-order valence-electron chi connectivity index (χ0n) is 11.4. The Kier molecular flexibility index (Phi) is 5.05. The molecule has 0 aliphatic carbocycles. The van der Waals surface area contributed by atoms with Crippen LogP contribution in [0, 0.1) is 10.1 Å². The molecular formula is C13H19NO4S. The lowest BCUT2D eigenvalue weighted by atomic mass is 10.1. The summed E-state index contributed by atoms with van der Waals surface area (Å²) in [5.41, 5.74) is 0.224. The first kappa shape index (κ1) is 15.6. The third-order valence-corrected chi connectivity index (χ3v) is 5.60. The summed E-state index contributed by atoms with van der Waals surface area (Å²) in [7, 11) is -3.50. The van der Waals surface area contributed by atoms with E-state index in [0.29, 0.717) is 24.8 Å². The van der Waals surface area contributed by atoms with Gasteiger partial charge in [0.05, 0.1) is 15.1 Å². The fraction of sp³-hybridized carbons (Fsp3) is 0.538. The Hall–Kier alpha value is -1.43. The Morgan fingerprint density at radius 3 is 2.42 bits per heavy atom. The number of hydrogen-bond acceptors (Lipinski definition) is 4.